The van der Waals surface area contributed by atoms with Gasteiger partial charge in [-0.25, -0.2) is 4.39 Å². The molecule has 1 aromatic rings. The van der Waals surface area contributed by atoms with E-state index in [1.165, 1.54) is 51.4 Å². The average Bonchev–Trinajstić information content (AvgIpc) is 2.72. The highest BCUT2D eigenvalue weighted by Crippen LogP contribution is 2.46. The lowest BCUT2D eigenvalue weighted by Crippen LogP contribution is -2.25. The molecule has 2 aliphatic carbocycles. The fourth-order valence-corrected chi connectivity index (χ4v) is 5.87. The Balaban J connectivity index is 1.53. The normalized spacial score (nSPS) is 28.3. The Kier molecular flexibility index (Phi) is 8.51. The smallest absolute Gasteiger partial charge is 0.183 e. The number of hydrogen-bond donors (Lipinski definition) is 0. The molecular formula is C25H38ClFO. The molecule has 3 heteroatoms. The van der Waals surface area contributed by atoms with Crippen molar-refractivity contribution in [3.05, 3.63) is 28.5 Å². The zero-order valence-corrected chi connectivity index (χ0v) is 18.6. The van der Waals surface area contributed by atoms with E-state index >= 15 is 0 Å². The first-order chi connectivity index (χ1) is 13.6. The van der Waals surface area contributed by atoms with Crippen molar-refractivity contribution in [2.24, 2.45) is 17.8 Å². The molecule has 0 unspecified atom stereocenters. The van der Waals surface area contributed by atoms with Crippen LogP contribution in [0.3, 0.4) is 0 Å². The van der Waals surface area contributed by atoms with E-state index in [0.717, 1.165) is 49.0 Å². The van der Waals surface area contributed by atoms with E-state index in [-0.39, 0.29) is 10.8 Å². The van der Waals surface area contributed by atoms with Gasteiger partial charge in [0.15, 0.2) is 11.6 Å². The van der Waals surface area contributed by atoms with Crippen molar-refractivity contribution in [3.8, 4) is 5.75 Å². The maximum absolute atomic E-state index is 14.7. The molecule has 0 saturated heterocycles. The Morgan fingerprint density at radius 2 is 1.57 bits per heavy atom. The van der Waals surface area contributed by atoms with E-state index in [2.05, 4.69) is 13.8 Å². The summed E-state index contributed by atoms with van der Waals surface area (Å²) < 4.78 is 20.2. The van der Waals surface area contributed by atoms with Gasteiger partial charge >= 0.3 is 0 Å². The highest BCUT2D eigenvalue weighted by atomic mass is 35.5. The average molecular weight is 409 g/mol. The second-order valence-electron chi connectivity index (χ2n) is 9.16. The summed E-state index contributed by atoms with van der Waals surface area (Å²) in [6, 6.07) is 3.79. The summed E-state index contributed by atoms with van der Waals surface area (Å²) in [5.74, 6) is 3.12. The van der Waals surface area contributed by atoms with Crippen LogP contribution in [0.4, 0.5) is 4.39 Å². The van der Waals surface area contributed by atoms with Crippen LogP contribution in [0.15, 0.2) is 12.1 Å². The highest BCUT2D eigenvalue weighted by Gasteiger charge is 2.32. The lowest BCUT2D eigenvalue weighted by atomic mass is 9.68. The molecule has 0 atom stereocenters. The molecular weight excluding hydrogens is 371 g/mol. The lowest BCUT2D eigenvalue weighted by Gasteiger charge is -2.38. The summed E-state index contributed by atoms with van der Waals surface area (Å²) in [5, 5.41) is 0.289. The fraction of sp³-hybridized carbons (Fsp3) is 0.760. The third kappa shape index (κ3) is 5.43. The van der Waals surface area contributed by atoms with Gasteiger partial charge in [0.2, 0.25) is 0 Å². The van der Waals surface area contributed by atoms with Crippen LogP contribution in [0.2, 0.25) is 5.02 Å². The van der Waals surface area contributed by atoms with Crippen LogP contribution in [-0.2, 0) is 0 Å². The van der Waals surface area contributed by atoms with Crippen molar-refractivity contribution in [1.82, 2.24) is 0 Å². The molecule has 1 nitrogen and oxygen atoms in total. The van der Waals surface area contributed by atoms with Crippen molar-refractivity contribution in [1.29, 1.82) is 0 Å². The van der Waals surface area contributed by atoms with E-state index in [0.29, 0.717) is 18.3 Å². The molecule has 0 aliphatic heterocycles. The maximum atomic E-state index is 14.7. The first kappa shape index (κ1) is 21.9. The summed E-state index contributed by atoms with van der Waals surface area (Å²) >= 11 is 6.42. The zero-order chi connectivity index (χ0) is 19.9. The van der Waals surface area contributed by atoms with Gasteiger partial charge in [-0.2, -0.15) is 0 Å². The summed E-state index contributed by atoms with van der Waals surface area (Å²) in [6.07, 6.45) is 15.3. The number of ether oxygens (including phenoxy) is 1. The van der Waals surface area contributed by atoms with E-state index in [9.17, 15) is 4.39 Å². The van der Waals surface area contributed by atoms with Gasteiger partial charge in [0, 0.05) is 0 Å². The molecule has 1 aromatic carbocycles. The molecule has 158 valence electrons. The van der Waals surface area contributed by atoms with Gasteiger partial charge in [0.1, 0.15) is 0 Å². The second-order valence-corrected chi connectivity index (χ2v) is 9.54. The third-order valence-electron chi connectivity index (χ3n) is 7.30. The zero-order valence-electron chi connectivity index (χ0n) is 17.8. The van der Waals surface area contributed by atoms with Crippen LogP contribution in [0, 0.1) is 23.6 Å². The van der Waals surface area contributed by atoms with E-state index in [4.69, 9.17) is 16.3 Å². The summed E-state index contributed by atoms with van der Waals surface area (Å²) in [6.45, 7) is 4.96. The number of rotatable bonds is 8. The molecule has 0 heterocycles. The van der Waals surface area contributed by atoms with Crippen molar-refractivity contribution in [2.45, 2.75) is 96.8 Å². The van der Waals surface area contributed by atoms with Gasteiger partial charge in [0.25, 0.3) is 0 Å². The van der Waals surface area contributed by atoms with Gasteiger partial charge in [-0.1, -0.05) is 63.6 Å². The van der Waals surface area contributed by atoms with Crippen molar-refractivity contribution < 1.29 is 9.13 Å². The Labute approximate surface area is 176 Å². The van der Waals surface area contributed by atoms with Crippen molar-refractivity contribution >= 4 is 11.6 Å². The molecule has 28 heavy (non-hydrogen) atoms. The van der Waals surface area contributed by atoms with E-state index in [1.54, 1.807) is 6.07 Å². The van der Waals surface area contributed by atoms with Gasteiger partial charge in [-0.15, -0.1) is 0 Å². The number of unbranched alkanes of at least 4 members (excludes halogenated alkanes) is 1. The maximum Gasteiger partial charge on any atom is 0.183 e. The second kappa shape index (κ2) is 10.9. The highest BCUT2D eigenvalue weighted by molar-refractivity contribution is 6.31. The molecule has 3 rings (SSSR count). The third-order valence-corrected chi connectivity index (χ3v) is 7.68. The quantitative estimate of drug-likeness (QED) is 0.391. The van der Waals surface area contributed by atoms with E-state index < -0.39 is 0 Å². The number of halogens is 2. The molecule has 0 bridgehead atoms. The summed E-state index contributed by atoms with van der Waals surface area (Å²) in [4.78, 5) is 0. The van der Waals surface area contributed by atoms with Crippen LogP contribution in [0.1, 0.15) is 102 Å². The van der Waals surface area contributed by atoms with Crippen LogP contribution in [0.5, 0.6) is 5.75 Å². The minimum atomic E-state index is -0.369. The standard InChI is InChI=1S/C25H38ClFO/c1-3-5-17-28-23-16-15-22(24(26)25(23)27)21-13-11-20(12-14-21)19-9-7-18(6-4-2)8-10-19/h15-16,18-21H,3-14,17H2,1-2H3. The minimum absolute atomic E-state index is 0.289. The largest absolute Gasteiger partial charge is 0.490 e. The Morgan fingerprint density at radius 3 is 2.18 bits per heavy atom. The molecule has 2 fully saturated rings. The van der Waals surface area contributed by atoms with Crippen molar-refractivity contribution in [3.63, 3.8) is 0 Å². The predicted octanol–water partition coefficient (Wildman–Crippen LogP) is 8.54. The van der Waals surface area contributed by atoms with Gasteiger partial charge in [-0.3, -0.25) is 0 Å². The molecule has 2 saturated carbocycles. The molecule has 0 spiro atoms. The molecule has 0 N–H and O–H groups in total. The van der Waals surface area contributed by atoms with Crippen LogP contribution >= 0.6 is 11.6 Å². The van der Waals surface area contributed by atoms with Gasteiger partial charge in [0.05, 0.1) is 11.6 Å². The van der Waals surface area contributed by atoms with Crippen LogP contribution in [0.25, 0.3) is 0 Å². The fourth-order valence-electron chi connectivity index (χ4n) is 5.56. The number of benzene rings is 1. The van der Waals surface area contributed by atoms with Crippen LogP contribution in [-0.4, -0.2) is 6.61 Å². The molecule has 2 aliphatic rings. The molecule has 0 aromatic heterocycles. The Bertz CT molecular complexity index is 601. The van der Waals surface area contributed by atoms with Gasteiger partial charge < -0.3 is 4.74 Å². The summed E-state index contributed by atoms with van der Waals surface area (Å²) in [5.41, 5.74) is 0.993. The Hall–Kier alpha value is -0.760. The van der Waals surface area contributed by atoms with Gasteiger partial charge in [-0.05, 0) is 80.2 Å². The van der Waals surface area contributed by atoms with E-state index in [1.807, 2.05) is 6.07 Å². The first-order valence-corrected chi connectivity index (χ1v) is 12.1. The lowest BCUT2D eigenvalue weighted by molar-refractivity contribution is 0.156. The molecule has 0 radical (unpaired) electrons. The first-order valence-electron chi connectivity index (χ1n) is 11.7. The monoisotopic (exact) mass is 408 g/mol. The SMILES string of the molecule is CCCCOc1ccc(C2CCC(C3CCC(CCC)CC3)CC2)c(Cl)c1F. The minimum Gasteiger partial charge on any atom is -0.490 e. The predicted molar refractivity (Wildman–Crippen MR) is 117 cm³/mol. The van der Waals surface area contributed by atoms with Crippen molar-refractivity contribution in [2.75, 3.05) is 6.61 Å². The number of hydrogen-bond acceptors (Lipinski definition) is 1. The molecule has 0 amide bonds. The summed E-state index contributed by atoms with van der Waals surface area (Å²) in [7, 11) is 0. The Morgan fingerprint density at radius 1 is 0.929 bits per heavy atom. The van der Waals surface area contributed by atoms with Crippen LogP contribution < -0.4 is 4.74 Å². The topological polar surface area (TPSA) is 9.23 Å².